The zero-order valence-corrected chi connectivity index (χ0v) is 13.6. The number of ether oxygens (including phenoxy) is 2. The molecule has 0 bridgehead atoms. The standard InChI is InChI=1S/C15H17ClN2O2S/c1-19-13-5-10-3-4-18(8-11(10)6-14(13)20-2)15-17-12(7-16)9-21-15/h5-6,9H,3-4,7-8H2,1-2H3. The van der Waals surface area contributed by atoms with Crippen LogP contribution >= 0.6 is 22.9 Å². The van der Waals surface area contributed by atoms with Crippen molar-refractivity contribution in [3.05, 3.63) is 34.3 Å². The normalized spacial score (nSPS) is 14.0. The minimum absolute atomic E-state index is 0.464. The molecule has 3 rings (SSSR count). The van der Waals surface area contributed by atoms with Crippen LogP contribution in [0.4, 0.5) is 5.13 Å². The first-order valence-electron chi connectivity index (χ1n) is 6.74. The van der Waals surface area contributed by atoms with E-state index in [1.165, 1.54) is 11.1 Å². The number of nitrogens with zero attached hydrogens (tertiary/aromatic N) is 2. The van der Waals surface area contributed by atoms with E-state index in [0.29, 0.717) is 5.88 Å². The van der Waals surface area contributed by atoms with Crippen LogP contribution in [0.5, 0.6) is 11.5 Å². The first kappa shape index (κ1) is 14.5. The van der Waals surface area contributed by atoms with Crippen molar-refractivity contribution < 1.29 is 9.47 Å². The number of halogens is 1. The second kappa shape index (κ2) is 6.12. The zero-order chi connectivity index (χ0) is 14.8. The van der Waals surface area contributed by atoms with Crippen LogP contribution in [0.15, 0.2) is 17.5 Å². The molecule has 0 N–H and O–H groups in total. The van der Waals surface area contributed by atoms with Crippen molar-refractivity contribution in [2.45, 2.75) is 18.8 Å². The SMILES string of the molecule is COc1cc2c(cc1OC)CN(c1nc(CCl)cs1)CC2. The molecule has 112 valence electrons. The lowest BCUT2D eigenvalue weighted by molar-refractivity contribution is 0.353. The molecule has 0 spiro atoms. The fraction of sp³-hybridized carbons (Fsp3) is 0.400. The molecular weight excluding hydrogens is 308 g/mol. The molecule has 4 nitrogen and oxygen atoms in total. The van der Waals surface area contributed by atoms with Crippen molar-refractivity contribution in [2.24, 2.45) is 0 Å². The molecule has 0 amide bonds. The highest BCUT2D eigenvalue weighted by atomic mass is 35.5. The molecule has 2 aromatic rings. The second-order valence-corrected chi connectivity index (χ2v) is 6.01. The van der Waals surface area contributed by atoms with Gasteiger partial charge in [0.05, 0.1) is 25.8 Å². The summed E-state index contributed by atoms with van der Waals surface area (Å²) in [6.07, 6.45) is 0.978. The molecule has 6 heteroatoms. The van der Waals surface area contributed by atoms with Gasteiger partial charge < -0.3 is 14.4 Å². The highest BCUT2D eigenvalue weighted by molar-refractivity contribution is 7.13. The Morgan fingerprint density at radius 2 is 1.95 bits per heavy atom. The van der Waals surface area contributed by atoms with E-state index in [4.69, 9.17) is 21.1 Å². The number of thiazole rings is 1. The van der Waals surface area contributed by atoms with E-state index in [9.17, 15) is 0 Å². The van der Waals surface area contributed by atoms with E-state index in [1.54, 1.807) is 25.6 Å². The van der Waals surface area contributed by atoms with Gasteiger partial charge in [0.1, 0.15) is 0 Å². The molecular formula is C15H17ClN2O2S. The van der Waals surface area contributed by atoms with Gasteiger partial charge in [0.2, 0.25) is 0 Å². The summed E-state index contributed by atoms with van der Waals surface area (Å²) in [6, 6.07) is 4.15. The van der Waals surface area contributed by atoms with Crippen molar-refractivity contribution >= 4 is 28.1 Å². The minimum atomic E-state index is 0.464. The van der Waals surface area contributed by atoms with Gasteiger partial charge in [-0.2, -0.15) is 0 Å². The number of anilines is 1. The Labute approximate surface area is 133 Å². The predicted molar refractivity (Wildman–Crippen MR) is 86.0 cm³/mol. The van der Waals surface area contributed by atoms with Gasteiger partial charge in [-0.1, -0.05) is 0 Å². The Kier molecular flexibility index (Phi) is 4.22. The lowest BCUT2D eigenvalue weighted by atomic mass is 9.99. The van der Waals surface area contributed by atoms with Crippen LogP contribution in [0, 0.1) is 0 Å². The third kappa shape index (κ3) is 2.80. The Hall–Kier alpha value is -1.46. The molecule has 21 heavy (non-hydrogen) atoms. The summed E-state index contributed by atoms with van der Waals surface area (Å²) in [7, 11) is 3.33. The Balaban J connectivity index is 1.87. The number of hydrogen-bond donors (Lipinski definition) is 0. The van der Waals surface area contributed by atoms with Crippen LogP contribution in [0.3, 0.4) is 0 Å². The summed E-state index contributed by atoms with van der Waals surface area (Å²) in [5.41, 5.74) is 3.52. The van der Waals surface area contributed by atoms with E-state index in [0.717, 1.165) is 41.8 Å². The number of benzene rings is 1. The van der Waals surface area contributed by atoms with Crippen LogP contribution in [-0.4, -0.2) is 25.7 Å². The molecule has 1 aromatic heterocycles. The van der Waals surface area contributed by atoms with Gasteiger partial charge >= 0.3 is 0 Å². The third-order valence-corrected chi connectivity index (χ3v) is 4.89. The first-order chi connectivity index (χ1) is 10.2. The molecule has 1 aliphatic rings. The minimum Gasteiger partial charge on any atom is -0.493 e. The fourth-order valence-electron chi connectivity index (χ4n) is 2.55. The summed E-state index contributed by atoms with van der Waals surface area (Å²) in [4.78, 5) is 6.84. The second-order valence-electron chi connectivity index (χ2n) is 4.90. The molecule has 0 radical (unpaired) electrons. The third-order valence-electron chi connectivity index (χ3n) is 3.67. The molecule has 0 atom stereocenters. The summed E-state index contributed by atoms with van der Waals surface area (Å²) in [5.74, 6) is 2.04. The Morgan fingerprint density at radius 1 is 1.24 bits per heavy atom. The van der Waals surface area contributed by atoms with E-state index in [-0.39, 0.29) is 0 Å². The molecule has 0 fully saturated rings. The van der Waals surface area contributed by atoms with Crippen LogP contribution in [0.1, 0.15) is 16.8 Å². The quantitative estimate of drug-likeness (QED) is 0.807. The summed E-state index contributed by atoms with van der Waals surface area (Å²) >= 11 is 7.48. The van der Waals surface area contributed by atoms with Crippen LogP contribution in [-0.2, 0) is 18.8 Å². The smallest absolute Gasteiger partial charge is 0.185 e. The topological polar surface area (TPSA) is 34.6 Å². The predicted octanol–water partition coefficient (Wildman–Crippen LogP) is 3.46. The lowest BCUT2D eigenvalue weighted by Gasteiger charge is -2.29. The Bertz CT molecular complexity index is 645. The molecule has 0 unspecified atom stereocenters. The van der Waals surface area contributed by atoms with Gasteiger partial charge in [-0.15, -0.1) is 22.9 Å². The van der Waals surface area contributed by atoms with E-state index in [2.05, 4.69) is 22.0 Å². The van der Waals surface area contributed by atoms with Crippen LogP contribution in [0.2, 0.25) is 0 Å². The monoisotopic (exact) mass is 324 g/mol. The maximum absolute atomic E-state index is 5.83. The molecule has 0 saturated carbocycles. The molecule has 2 heterocycles. The number of hydrogen-bond acceptors (Lipinski definition) is 5. The number of methoxy groups -OCH3 is 2. The van der Waals surface area contributed by atoms with Crippen molar-refractivity contribution in [3.8, 4) is 11.5 Å². The van der Waals surface area contributed by atoms with Crippen molar-refractivity contribution in [1.29, 1.82) is 0 Å². The van der Waals surface area contributed by atoms with E-state index >= 15 is 0 Å². The van der Waals surface area contributed by atoms with Gasteiger partial charge in [-0.25, -0.2) is 4.98 Å². The number of alkyl halides is 1. The number of fused-ring (bicyclic) bond motifs is 1. The highest BCUT2D eigenvalue weighted by Gasteiger charge is 2.21. The molecule has 0 saturated heterocycles. The van der Waals surface area contributed by atoms with Gasteiger partial charge in [-0.05, 0) is 29.7 Å². The summed E-state index contributed by atoms with van der Waals surface area (Å²) in [5, 5.41) is 3.05. The van der Waals surface area contributed by atoms with E-state index in [1.807, 2.05) is 5.38 Å². The molecule has 1 aliphatic heterocycles. The van der Waals surface area contributed by atoms with Gasteiger partial charge in [0, 0.05) is 18.5 Å². The van der Waals surface area contributed by atoms with Gasteiger partial charge in [-0.3, -0.25) is 0 Å². The number of rotatable bonds is 4. The van der Waals surface area contributed by atoms with Gasteiger partial charge in [0.15, 0.2) is 16.6 Å². The largest absolute Gasteiger partial charge is 0.493 e. The van der Waals surface area contributed by atoms with Crippen molar-refractivity contribution in [1.82, 2.24) is 4.98 Å². The molecule has 1 aromatic carbocycles. The fourth-order valence-corrected chi connectivity index (χ4v) is 3.63. The zero-order valence-electron chi connectivity index (χ0n) is 12.1. The summed E-state index contributed by atoms with van der Waals surface area (Å²) in [6.45, 7) is 1.79. The highest BCUT2D eigenvalue weighted by Crippen LogP contribution is 2.35. The average Bonchev–Trinajstić information content (AvgIpc) is 3.02. The maximum Gasteiger partial charge on any atom is 0.185 e. The Morgan fingerprint density at radius 3 is 2.57 bits per heavy atom. The van der Waals surface area contributed by atoms with E-state index < -0.39 is 0 Å². The van der Waals surface area contributed by atoms with Crippen LogP contribution in [0.25, 0.3) is 0 Å². The van der Waals surface area contributed by atoms with Crippen LogP contribution < -0.4 is 14.4 Å². The maximum atomic E-state index is 5.83. The molecule has 0 aliphatic carbocycles. The van der Waals surface area contributed by atoms with Gasteiger partial charge in [0.25, 0.3) is 0 Å². The average molecular weight is 325 g/mol. The first-order valence-corrected chi connectivity index (χ1v) is 8.15. The lowest BCUT2D eigenvalue weighted by Crippen LogP contribution is -2.30. The number of aromatic nitrogens is 1. The van der Waals surface area contributed by atoms with Crippen molar-refractivity contribution in [2.75, 3.05) is 25.7 Å². The van der Waals surface area contributed by atoms with Crippen molar-refractivity contribution in [3.63, 3.8) is 0 Å². The summed E-state index contributed by atoms with van der Waals surface area (Å²) < 4.78 is 10.8.